The number of carbonyl (C=O) groups excluding carboxylic acids is 2. The second-order valence-electron chi connectivity index (χ2n) is 6.48. The zero-order valence-corrected chi connectivity index (χ0v) is 17.2. The molecule has 2 amide bonds. The molecule has 10 heteroatoms. The van der Waals surface area contributed by atoms with Gasteiger partial charge in [-0.15, -0.1) is 0 Å². The van der Waals surface area contributed by atoms with Gasteiger partial charge in [0.05, 0.1) is 16.4 Å². The van der Waals surface area contributed by atoms with Crippen LogP contribution in [0.25, 0.3) is 17.4 Å². The number of carbonyl (C=O) groups is 2. The zero-order chi connectivity index (χ0) is 22.1. The smallest absolute Gasteiger partial charge is 0.293 e. The average Bonchev–Trinajstić information content (AvgIpc) is 3.31. The Hall–Kier alpha value is -3.43. The summed E-state index contributed by atoms with van der Waals surface area (Å²) in [5.74, 6) is -0.547. The van der Waals surface area contributed by atoms with Gasteiger partial charge in [0.15, 0.2) is 0 Å². The van der Waals surface area contributed by atoms with E-state index in [9.17, 15) is 24.1 Å². The monoisotopic (exact) mass is 458 g/mol. The van der Waals surface area contributed by atoms with E-state index in [1.165, 1.54) is 42.5 Å². The summed E-state index contributed by atoms with van der Waals surface area (Å²) in [5.41, 5.74) is 0.471. The molecule has 0 atom stereocenters. The summed E-state index contributed by atoms with van der Waals surface area (Å²) >= 11 is 6.70. The maximum Gasteiger partial charge on any atom is 0.293 e. The van der Waals surface area contributed by atoms with E-state index in [1.54, 1.807) is 18.2 Å². The van der Waals surface area contributed by atoms with Gasteiger partial charge in [0, 0.05) is 34.4 Å². The molecule has 0 bridgehead atoms. The van der Waals surface area contributed by atoms with Crippen molar-refractivity contribution in [2.45, 2.75) is 6.54 Å². The third-order valence-electron chi connectivity index (χ3n) is 4.49. The number of hydrogen-bond donors (Lipinski definition) is 0. The fraction of sp³-hybridized carbons (Fsp3) is 0.0476. The van der Waals surface area contributed by atoms with Gasteiger partial charge in [-0.2, -0.15) is 0 Å². The summed E-state index contributed by atoms with van der Waals surface area (Å²) in [6.45, 7) is -0.287. The molecule has 2 aromatic carbocycles. The van der Waals surface area contributed by atoms with Gasteiger partial charge in [-0.1, -0.05) is 29.8 Å². The highest BCUT2D eigenvalue weighted by atomic mass is 35.5. The van der Waals surface area contributed by atoms with Crippen molar-refractivity contribution in [1.29, 1.82) is 0 Å². The number of nitrogens with zero attached hydrogens (tertiary/aromatic N) is 2. The van der Waals surface area contributed by atoms with Crippen LogP contribution in [-0.2, 0) is 11.3 Å². The van der Waals surface area contributed by atoms with Crippen LogP contribution >= 0.6 is 23.4 Å². The topological polar surface area (TPSA) is 93.7 Å². The summed E-state index contributed by atoms with van der Waals surface area (Å²) in [6, 6.07) is 13.2. The molecule has 31 heavy (non-hydrogen) atoms. The van der Waals surface area contributed by atoms with Gasteiger partial charge in [0.2, 0.25) is 0 Å². The number of halogens is 2. The minimum absolute atomic E-state index is 0.0543. The van der Waals surface area contributed by atoms with E-state index in [2.05, 4.69) is 0 Å². The lowest BCUT2D eigenvalue weighted by Gasteiger charge is -2.14. The van der Waals surface area contributed by atoms with Gasteiger partial charge < -0.3 is 4.42 Å². The predicted octanol–water partition coefficient (Wildman–Crippen LogP) is 5.88. The number of rotatable bonds is 5. The van der Waals surface area contributed by atoms with Gasteiger partial charge in [0.25, 0.3) is 16.8 Å². The maximum absolute atomic E-state index is 14.0. The van der Waals surface area contributed by atoms with E-state index in [0.717, 1.165) is 4.90 Å². The molecule has 1 aliphatic heterocycles. The molecule has 1 aliphatic rings. The Kier molecular flexibility index (Phi) is 5.62. The second-order valence-corrected chi connectivity index (χ2v) is 7.88. The number of amides is 2. The molecule has 0 saturated carbocycles. The lowest BCUT2D eigenvalue weighted by molar-refractivity contribution is -0.384. The van der Waals surface area contributed by atoms with Gasteiger partial charge in [0.1, 0.15) is 17.3 Å². The first-order chi connectivity index (χ1) is 14.8. The standard InChI is InChI=1S/C21H12ClFN2O5S/c22-16-5-2-6-17(23)15(16)11-24-20(26)19(31-21(24)27)10-14-7-8-18(30-14)12-3-1-4-13(9-12)25(28)29/h1-10H,11H2/b19-10+. The predicted molar refractivity (Wildman–Crippen MR) is 114 cm³/mol. The van der Waals surface area contributed by atoms with E-state index < -0.39 is 21.9 Å². The molecule has 0 spiro atoms. The average molecular weight is 459 g/mol. The Morgan fingerprint density at radius 1 is 1.16 bits per heavy atom. The Morgan fingerprint density at radius 3 is 2.68 bits per heavy atom. The van der Waals surface area contributed by atoms with E-state index in [0.29, 0.717) is 23.1 Å². The normalized spacial score (nSPS) is 15.2. The molecule has 1 saturated heterocycles. The van der Waals surface area contributed by atoms with Crippen LogP contribution in [0.15, 0.2) is 63.9 Å². The summed E-state index contributed by atoms with van der Waals surface area (Å²) in [6.07, 6.45) is 1.40. The van der Waals surface area contributed by atoms with Crippen LogP contribution in [0.2, 0.25) is 5.02 Å². The number of hydrogen-bond acceptors (Lipinski definition) is 6. The highest BCUT2D eigenvalue weighted by molar-refractivity contribution is 8.18. The minimum atomic E-state index is -0.608. The number of nitro benzene ring substituents is 1. The van der Waals surface area contributed by atoms with Crippen molar-refractivity contribution < 1.29 is 23.3 Å². The van der Waals surface area contributed by atoms with Crippen LogP contribution in [0.5, 0.6) is 0 Å². The first-order valence-electron chi connectivity index (χ1n) is 8.86. The number of thioether (sulfide) groups is 1. The molecule has 0 N–H and O–H groups in total. The number of non-ortho nitro benzene ring substituents is 1. The fourth-order valence-corrected chi connectivity index (χ4v) is 4.01. The molecular weight excluding hydrogens is 447 g/mol. The molecule has 156 valence electrons. The van der Waals surface area contributed by atoms with Crippen molar-refractivity contribution in [3.05, 3.63) is 91.8 Å². The second kappa shape index (κ2) is 8.37. The molecular formula is C21H12ClFN2O5S. The number of furan rings is 1. The lowest BCUT2D eigenvalue weighted by atomic mass is 10.1. The zero-order valence-electron chi connectivity index (χ0n) is 15.6. The molecule has 4 rings (SSSR count). The number of nitro groups is 1. The van der Waals surface area contributed by atoms with Crippen LogP contribution < -0.4 is 0 Å². The maximum atomic E-state index is 14.0. The van der Waals surface area contributed by atoms with Crippen LogP contribution in [0.3, 0.4) is 0 Å². The van der Waals surface area contributed by atoms with Crippen LogP contribution in [-0.4, -0.2) is 21.0 Å². The van der Waals surface area contributed by atoms with Crippen molar-refractivity contribution in [2.24, 2.45) is 0 Å². The molecule has 7 nitrogen and oxygen atoms in total. The van der Waals surface area contributed by atoms with Crippen molar-refractivity contribution in [3.63, 3.8) is 0 Å². The Bertz CT molecular complexity index is 1240. The highest BCUT2D eigenvalue weighted by Crippen LogP contribution is 2.35. The van der Waals surface area contributed by atoms with E-state index in [-0.39, 0.29) is 33.5 Å². The third-order valence-corrected chi connectivity index (χ3v) is 5.75. The summed E-state index contributed by atoms with van der Waals surface area (Å²) in [7, 11) is 0. The van der Waals surface area contributed by atoms with Crippen LogP contribution in [0.1, 0.15) is 11.3 Å². The first-order valence-corrected chi connectivity index (χ1v) is 10.1. The van der Waals surface area contributed by atoms with Crippen molar-refractivity contribution >= 4 is 46.3 Å². The molecule has 3 aromatic rings. The van der Waals surface area contributed by atoms with E-state index in [1.807, 2.05) is 0 Å². The SMILES string of the molecule is O=C1S/C(=C/c2ccc(-c3cccc([N+](=O)[O-])c3)o2)C(=O)N1Cc1c(F)cccc1Cl. The van der Waals surface area contributed by atoms with Gasteiger partial charge in [-0.25, -0.2) is 4.39 Å². The van der Waals surface area contributed by atoms with Crippen molar-refractivity contribution in [2.75, 3.05) is 0 Å². The Balaban J connectivity index is 1.56. The number of benzene rings is 2. The van der Waals surface area contributed by atoms with E-state index in [4.69, 9.17) is 16.0 Å². The van der Waals surface area contributed by atoms with Crippen LogP contribution in [0.4, 0.5) is 14.9 Å². The molecule has 0 radical (unpaired) electrons. The van der Waals surface area contributed by atoms with Crippen molar-refractivity contribution in [3.8, 4) is 11.3 Å². The van der Waals surface area contributed by atoms with Gasteiger partial charge in [-0.05, 0) is 36.0 Å². The highest BCUT2D eigenvalue weighted by Gasteiger charge is 2.36. The Morgan fingerprint density at radius 2 is 1.94 bits per heavy atom. The van der Waals surface area contributed by atoms with Crippen LogP contribution in [0, 0.1) is 15.9 Å². The Labute approximate surface area is 184 Å². The third kappa shape index (κ3) is 4.23. The minimum Gasteiger partial charge on any atom is -0.457 e. The number of imide groups is 1. The van der Waals surface area contributed by atoms with Gasteiger partial charge in [-0.3, -0.25) is 24.6 Å². The summed E-state index contributed by atoms with van der Waals surface area (Å²) in [5, 5.41) is 10.5. The molecule has 2 heterocycles. The van der Waals surface area contributed by atoms with Gasteiger partial charge >= 0.3 is 0 Å². The molecule has 0 unspecified atom stereocenters. The quantitative estimate of drug-likeness (QED) is 0.269. The molecule has 1 aromatic heterocycles. The largest absolute Gasteiger partial charge is 0.457 e. The molecule has 0 aliphatic carbocycles. The fourth-order valence-electron chi connectivity index (χ4n) is 2.97. The van der Waals surface area contributed by atoms with E-state index >= 15 is 0 Å². The van der Waals surface area contributed by atoms with Crippen molar-refractivity contribution in [1.82, 2.24) is 4.90 Å². The lowest BCUT2D eigenvalue weighted by Crippen LogP contribution is -2.28. The summed E-state index contributed by atoms with van der Waals surface area (Å²) in [4.78, 5) is 36.4. The molecule has 1 fully saturated rings. The first kappa shape index (κ1) is 20.8. The summed E-state index contributed by atoms with van der Waals surface area (Å²) < 4.78 is 19.7.